The molecule has 0 aromatic heterocycles. The van der Waals surface area contributed by atoms with Crippen molar-refractivity contribution in [2.75, 3.05) is 13.7 Å². The third-order valence-electron chi connectivity index (χ3n) is 3.42. The molecule has 1 unspecified atom stereocenters. The van der Waals surface area contributed by atoms with E-state index in [4.69, 9.17) is 4.74 Å². The van der Waals surface area contributed by atoms with E-state index in [0.717, 1.165) is 50.5 Å². The number of nitrogens with one attached hydrogen (secondary N) is 1. The minimum Gasteiger partial charge on any atom is -0.462 e. The molecule has 0 fully saturated rings. The van der Waals surface area contributed by atoms with Crippen molar-refractivity contribution in [3.63, 3.8) is 0 Å². The smallest absolute Gasteiger partial charge is 0.335 e. The molecule has 0 aromatic rings. The van der Waals surface area contributed by atoms with E-state index < -0.39 is 0 Å². The Bertz CT molecular complexity index is 289. The molecule has 20 heavy (non-hydrogen) atoms. The van der Waals surface area contributed by atoms with E-state index in [1.54, 1.807) is 0 Å². The van der Waals surface area contributed by atoms with Crippen LogP contribution in [-0.2, 0) is 9.53 Å². The van der Waals surface area contributed by atoms with Gasteiger partial charge in [-0.1, -0.05) is 52.5 Å². The number of hydrogen-bond donors (Lipinski definition) is 1. The van der Waals surface area contributed by atoms with Gasteiger partial charge >= 0.3 is 5.97 Å². The van der Waals surface area contributed by atoms with E-state index >= 15 is 0 Å². The van der Waals surface area contributed by atoms with Crippen LogP contribution in [-0.4, -0.2) is 25.7 Å². The molecular weight excluding hydrogens is 250 g/mol. The van der Waals surface area contributed by atoms with E-state index in [9.17, 15) is 4.79 Å². The molecule has 0 saturated carbocycles. The molecule has 3 heteroatoms. The highest BCUT2D eigenvalue weighted by Crippen LogP contribution is 2.23. The summed E-state index contributed by atoms with van der Waals surface area (Å²) in [6.07, 6.45) is 7.03. The molecular formula is C17H33NO2. The van der Waals surface area contributed by atoms with Crippen LogP contribution in [0.4, 0.5) is 0 Å². The Hall–Kier alpha value is -0.830. The molecule has 0 heterocycles. The summed E-state index contributed by atoms with van der Waals surface area (Å²) >= 11 is 0. The molecule has 0 aliphatic carbocycles. The second-order valence-electron chi connectivity index (χ2n) is 5.28. The van der Waals surface area contributed by atoms with Crippen LogP contribution in [0.2, 0.25) is 0 Å². The van der Waals surface area contributed by atoms with Gasteiger partial charge in [-0.15, -0.1) is 0 Å². The SMILES string of the molecule is CCCOC(=O)C(=C(CCC)CCC)C(CCC)NC. The second-order valence-corrected chi connectivity index (χ2v) is 5.28. The van der Waals surface area contributed by atoms with Crippen LogP contribution in [0.5, 0.6) is 0 Å². The average Bonchev–Trinajstić information content (AvgIpc) is 2.44. The molecule has 0 aliphatic heterocycles. The Labute approximate surface area is 125 Å². The molecule has 0 radical (unpaired) electrons. The fraction of sp³-hybridized carbons (Fsp3) is 0.824. The van der Waals surface area contributed by atoms with Crippen molar-refractivity contribution in [2.45, 2.75) is 78.7 Å². The number of carbonyl (C=O) groups is 1. The van der Waals surface area contributed by atoms with Crippen molar-refractivity contribution in [1.82, 2.24) is 5.32 Å². The van der Waals surface area contributed by atoms with Crippen molar-refractivity contribution in [2.24, 2.45) is 0 Å². The normalized spacial score (nSPS) is 12.1. The maximum Gasteiger partial charge on any atom is 0.335 e. The topological polar surface area (TPSA) is 38.3 Å². The molecule has 118 valence electrons. The number of likely N-dealkylation sites (N-methyl/N-ethyl adjacent to an activating group) is 1. The Kier molecular flexibility index (Phi) is 11.5. The van der Waals surface area contributed by atoms with E-state index in [1.165, 1.54) is 5.57 Å². The van der Waals surface area contributed by atoms with Crippen molar-refractivity contribution in [1.29, 1.82) is 0 Å². The van der Waals surface area contributed by atoms with Gasteiger partial charge in [-0.3, -0.25) is 0 Å². The van der Waals surface area contributed by atoms with Gasteiger partial charge in [-0.2, -0.15) is 0 Å². The second kappa shape index (κ2) is 12.0. The van der Waals surface area contributed by atoms with Crippen LogP contribution >= 0.6 is 0 Å². The minimum absolute atomic E-state index is 0.114. The molecule has 0 aromatic carbocycles. The number of esters is 1. The lowest BCUT2D eigenvalue weighted by molar-refractivity contribution is -0.139. The highest BCUT2D eigenvalue weighted by molar-refractivity contribution is 5.90. The lowest BCUT2D eigenvalue weighted by atomic mass is 9.92. The molecule has 1 atom stereocenters. The predicted octanol–water partition coefficient (Wildman–Crippen LogP) is 4.22. The first-order valence-corrected chi connectivity index (χ1v) is 8.22. The summed E-state index contributed by atoms with van der Waals surface area (Å²) in [6.45, 7) is 9.02. The van der Waals surface area contributed by atoms with Crippen LogP contribution in [0, 0.1) is 0 Å². The molecule has 3 nitrogen and oxygen atoms in total. The predicted molar refractivity (Wildman–Crippen MR) is 85.8 cm³/mol. The standard InChI is InChI=1S/C17H33NO2/c1-6-10-14(11-7-2)16(15(18-5)12-8-3)17(19)20-13-9-4/h15,18H,6-13H2,1-5H3. The summed E-state index contributed by atoms with van der Waals surface area (Å²) in [4.78, 5) is 12.4. The van der Waals surface area contributed by atoms with E-state index in [1.807, 2.05) is 14.0 Å². The first-order valence-electron chi connectivity index (χ1n) is 8.22. The molecule has 0 amide bonds. The van der Waals surface area contributed by atoms with Gasteiger partial charge in [0.15, 0.2) is 0 Å². The van der Waals surface area contributed by atoms with Gasteiger partial charge in [-0.05, 0) is 32.7 Å². The lowest BCUT2D eigenvalue weighted by Gasteiger charge is -2.22. The maximum atomic E-state index is 12.4. The molecule has 0 spiro atoms. The molecule has 0 saturated heterocycles. The molecule has 0 aliphatic rings. The Balaban J connectivity index is 5.36. The zero-order valence-electron chi connectivity index (χ0n) is 14.1. The first-order chi connectivity index (χ1) is 9.65. The monoisotopic (exact) mass is 283 g/mol. The van der Waals surface area contributed by atoms with Gasteiger partial charge in [0, 0.05) is 6.04 Å². The van der Waals surface area contributed by atoms with Crippen molar-refractivity contribution in [3.05, 3.63) is 11.1 Å². The van der Waals surface area contributed by atoms with Gasteiger partial charge < -0.3 is 10.1 Å². The quantitative estimate of drug-likeness (QED) is 0.455. The third kappa shape index (κ3) is 6.56. The van der Waals surface area contributed by atoms with Crippen LogP contribution in [0.1, 0.15) is 72.6 Å². The number of carbonyl (C=O) groups excluding carboxylic acids is 1. The summed E-state index contributed by atoms with van der Waals surface area (Å²) in [5.41, 5.74) is 2.18. The van der Waals surface area contributed by atoms with Gasteiger partial charge in [0.05, 0.1) is 12.2 Å². The molecule has 1 N–H and O–H groups in total. The van der Waals surface area contributed by atoms with Gasteiger partial charge in [-0.25, -0.2) is 4.79 Å². The Morgan fingerprint density at radius 3 is 2.00 bits per heavy atom. The van der Waals surface area contributed by atoms with E-state index in [0.29, 0.717) is 6.61 Å². The van der Waals surface area contributed by atoms with Gasteiger partial charge in [0.2, 0.25) is 0 Å². The number of ether oxygens (including phenoxy) is 1. The van der Waals surface area contributed by atoms with Crippen LogP contribution in [0.15, 0.2) is 11.1 Å². The maximum absolute atomic E-state index is 12.4. The van der Waals surface area contributed by atoms with Crippen molar-refractivity contribution < 1.29 is 9.53 Å². The third-order valence-corrected chi connectivity index (χ3v) is 3.42. The summed E-state index contributed by atoms with van der Waals surface area (Å²) in [5, 5.41) is 3.30. The highest BCUT2D eigenvalue weighted by Gasteiger charge is 2.23. The zero-order chi connectivity index (χ0) is 15.4. The lowest BCUT2D eigenvalue weighted by Crippen LogP contribution is -2.33. The van der Waals surface area contributed by atoms with Gasteiger partial charge in [0.25, 0.3) is 0 Å². The summed E-state index contributed by atoms with van der Waals surface area (Å²) in [5.74, 6) is -0.114. The van der Waals surface area contributed by atoms with E-state index in [-0.39, 0.29) is 12.0 Å². The Morgan fingerprint density at radius 2 is 1.60 bits per heavy atom. The van der Waals surface area contributed by atoms with Crippen LogP contribution in [0.3, 0.4) is 0 Å². The largest absolute Gasteiger partial charge is 0.462 e. The minimum atomic E-state index is -0.114. The zero-order valence-corrected chi connectivity index (χ0v) is 14.1. The van der Waals surface area contributed by atoms with Crippen molar-refractivity contribution >= 4 is 5.97 Å². The summed E-state index contributed by atoms with van der Waals surface area (Å²) in [7, 11) is 1.93. The fourth-order valence-corrected chi connectivity index (χ4v) is 2.53. The van der Waals surface area contributed by atoms with Crippen molar-refractivity contribution in [3.8, 4) is 0 Å². The van der Waals surface area contributed by atoms with Crippen LogP contribution < -0.4 is 5.32 Å². The van der Waals surface area contributed by atoms with Gasteiger partial charge in [0.1, 0.15) is 0 Å². The van der Waals surface area contributed by atoms with Crippen LogP contribution in [0.25, 0.3) is 0 Å². The Morgan fingerprint density at radius 1 is 1.00 bits per heavy atom. The number of rotatable bonds is 11. The first kappa shape index (κ1) is 19.2. The summed E-state index contributed by atoms with van der Waals surface area (Å²) < 4.78 is 5.42. The fourth-order valence-electron chi connectivity index (χ4n) is 2.53. The number of hydrogen-bond acceptors (Lipinski definition) is 3. The summed E-state index contributed by atoms with van der Waals surface area (Å²) in [6, 6.07) is 0.123. The van der Waals surface area contributed by atoms with E-state index in [2.05, 4.69) is 26.1 Å². The molecule has 0 bridgehead atoms. The molecule has 0 rings (SSSR count). The highest BCUT2D eigenvalue weighted by atomic mass is 16.5. The average molecular weight is 283 g/mol. The number of allylic oxidation sites excluding steroid dienone is 1.